The molecular weight excluding hydrogens is 260 g/mol. The Morgan fingerprint density at radius 2 is 2.05 bits per heavy atom. The Bertz CT molecular complexity index is 651. The van der Waals surface area contributed by atoms with Crippen LogP contribution < -0.4 is 5.32 Å². The summed E-state index contributed by atoms with van der Waals surface area (Å²) in [6.45, 7) is 2.00. The molecule has 0 saturated heterocycles. The summed E-state index contributed by atoms with van der Waals surface area (Å²) in [5, 5.41) is 3.08. The number of rotatable bonds is 0. The van der Waals surface area contributed by atoms with Gasteiger partial charge < -0.3 is 5.32 Å². The molecule has 0 fully saturated rings. The fourth-order valence-corrected chi connectivity index (χ4v) is 2.77. The number of benzene rings is 1. The number of nitrogens with zero attached hydrogens (tertiary/aromatic N) is 1. The molecule has 0 spiro atoms. The SMILES string of the molecule is CC1CCCCc2cc(ccn2)-c2ccccc2NC1=O. The summed E-state index contributed by atoms with van der Waals surface area (Å²) in [6, 6.07) is 12.1. The summed E-state index contributed by atoms with van der Waals surface area (Å²) in [6.07, 6.45) is 5.90. The molecule has 1 aromatic carbocycles. The van der Waals surface area contributed by atoms with Crippen molar-refractivity contribution < 1.29 is 4.79 Å². The Labute approximate surface area is 125 Å². The molecule has 1 aromatic heterocycles. The van der Waals surface area contributed by atoms with E-state index in [9.17, 15) is 4.79 Å². The molecule has 3 rings (SSSR count). The average Bonchev–Trinajstić information content (AvgIpc) is 2.51. The van der Waals surface area contributed by atoms with E-state index in [1.54, 1.807) is 0 Å². The molecule has 0 aliphatic carbocycles. The van der Waals surface area contributed by atoms with E-state index in [1.165, 1.54) is 0 Å². The first-order valence-electron chi connectivity index (χ1n) is 7.59. The summed E-state index contributed by atoms with van der Waals surface area (Å²) in [4.78, 5) is 16.8. The van der Waals surface area contributed by atoms with Gasteiger partial charge >= 0.3 is 0 Å². The lowest BCUT2D eigenvalue weighted by Crippen LogP contribution is -2.21. The van der Waals surface area contributed by atoms with Crippen LogP contribution in [0, 0.1) is 5.92 Å². The van der Waals surface area contributed by atoms with Gasteiger partial charge in [-0.3, -0.25) is 9.78 Å². The monoisotopic (exact) mass is 280 g/mol. The van der Waals surface area contributed by atoms with Gasteiger partial charge in [0, 0.05) is 29.1 Å². The van der Waals surface area contributed by atoms with Crippen LogP contribution in [0.2, 0.25) is 0 Å². The van der Waals surface area contributed by atoms with Crippen molar-refractivity contribution in [2.75, 3.05) is 5.32 Å². The van der Waals surface area contributed by atoms with Crippen LogP contribution in [0.5, 0.6) is 0 Å². The smallest absolute Gasteiger partial charge is 0.227 e. The van der Waals surface area contributed by atoms with E-state index in [0.29, 0.717) is 0 Å². The normalized spacial score (nSPS) is 18.9. The van der Waals surface area contributed by atoms with Crippen molar-refractivity contribution in [3.05, 3.63) is 48.3 Å². The molecule has 1 aliphatic rings. The van der Waals surface area contributed by atoms with Gasteiger partial charge in [0.15, 0.2) is 0 Å². The lowest BCUT2D eigenvalue weighted by molar-refractivity contribution is -0.119. The predicted octanol–water partition coefficient (Wildman–Crippen LogP) is 4.05. The molecule has 3 heteroatoms. The van der Waals surface area contributed by atoms with Gasteiger partial charge in [0.1, 0.15) is 0 Å². The number of hydrogen-bond donors (Lipinski definition) is 1. The van der Waals surface area contributed by atoms with Crippen LogP contribution in [-0.2, 0) is 11.2 Å². The second kappa shape index (κ2) is 6.08. The Morgan fingerprint density at radius 1 is 1.19 bits per heavy atom. The van der Waals surface area contributed by atoms with Crippen LogP contribution in [-0.4, -0.2) is 10.9 Å². The molecule has 108 valence electrons. The lowest BCUT2D eigenvalue weighted by Gasteiger charge is -2.16. The number of para-hydroxylation sites is 1. The summed E-state index contributed by atoms with van der Waals surface area (Å²) < 4.78 is 0. The Kier molecular flexibility index (Phi) is 4.00. The number of carbonyl (C=O) groups excluding carboxylic acids is 1. The molecule has 1 atom stereocenters. The zero-order valence-corrected chi connectivity index (χ0v) is 12.3. The van der Waals surface area contributed by atoms with E-state index in [4.69, 9.17) is 0 Å². The van der Waals surface area contributed by atoms with Crippen LogP contribution in [0.1, 0.15) is 31.9 Å². The number of pyridine rings is 1. The zero-order valence-electron chi connectivity index (χ0n) is 12.3. The molecule has 1 amide bonds. The van der Waals surface area contributed by atoms with Crippen molar-refractivity contribution in [2.24, 2.45) is 5.92 Å². The van der Waals surface area contributed by atoms with E-state index in [1.807, 2.05) is 43.5 Å². The Balaban J connectivity index is 2.06. The van der Waals surface area contributed by atoms with Gasteiger partial charge in [0.2, 0.25) is 5.91 Å². The summed E-state index contributed by atoms with van der Waals surface area (Å²) >= 11 is 0. The minimum atomic E-state index is 0.0452. The number of anilines is 1. The molecule has 0 saturated carbocycles. The average molecular weight is 280 g/mol. The quantitative estimate of drug-likeness (QED) is 0.791. The maximum absolute atomic E-state index is 12.3. The third-order valence-corrected chi connectivity index (χ3v) is 4.08. The van der Waals surface area contributed by atoms with Gasteiger partial charge in [-0.15, -0.1) is 0 Å². The fourth-order valence-electron chi connectivity index (χ4n) is 2.77. The van der Waals surface area contributed by atoms with Crippen LogP contribution >= 0.6 is 0 Å². The molecule has 0 radical (unpaired) electrons. The summed E-state index contributed by atoms with van der Waals surface area (Å²) in [5.41, 5.74) is 4.18. The van der Waals surface area contributed by atoms with Crippen molar-refractivity contribution in [1.29, 1.82) is 0 Å². The first-order chi connectivity index (χ1) is 10.2. The van der Waals surface area contributed by atoms with Gasteiger partial charge in [-0.2, -0.15) is 0 Å². The number of amides is 1. The third-order valence-electron chi connectivity index (χ3n) is 4.08. The first kappa shape index (κ1) is 13.8. The Morgan fingerprint density at radius 3 is 2.95 bits per heavy atom. The number of fused-ring (bicyclic) bond motifs is 4. The molecule has 1 aliphatic heterocycles. The van der Waals surface area contributed by atoms with Gasteiger partial charge in [-0.05, 0) is 43.0 Å². The van der Waals surface area contributed by atoms with E-state index in [2.05, 4.69) is 16.4 Å². The van der Waals surface area contributed by atoms with Crippen LogP contribution in [0.25, 0.3) is 11.1 Å². The van der Waals surface area contributed by atoms with Crippen LogP contribution in [0.15, 0.2) is 42.6 Å². The van der Waals surface area contributed by atoms with Gasteiger partial charge in [-0.25, -0.2) is 0 Å². The van der Waals surface area contributed by atoms with Crippen molar-refractivity contribution in [1.82, 2.24) is 4.98 Å². The van der Waals surface area contributed by atoms with Crippen LogP contribution in [0.3, 0.4) is 0 Å². The van der Waals surface area contributed by atoms with Gasteiger partial charge in [-0.1, -0.05) is 31.5 Å². The standard InChI is InChI=1S/C18H20N2O/c1-13-6-2-3-7-15-12-14(10-11-19-15)16-8-4-5-9-17(16)20-18(13)21/h4-5,8-13H,2-3,6-7H2,1H3,(H,20,21). The number of nitrogens with one attached hydrogen (secondary N) is 1. The lowest BCUT2D eigenvalue weighted by atomic mass is 9.98. The van der Waals surface area contributed by atoms with Crippen molar-refractivity contribution in [2.45, 2.75) is 32.6 Å². The predicted molar refractivity (Wildman–Crippen MR) is 85.0 cm³/mol. The third kappa shape index (κ3) is 3.13. The van der Waals surface area contributed by atoms with E-state index >= 15 is 0 Å². The molecule has 3 nitrogen and oxygen atoms in total. The van der Waals surface area contributed by atoms with E-state index < -0.39 is 0 Å². The maximum Gasteiger partial charge on any atom is 0.227 e. The number of hydrogen-bond acceptors (Lipinski definition) is 2. The fraction of sp³-hybridized carbons (Fsp3) is 0.333. The topological polar surface area (TPSA) is 42.0 Å². The van der Waals surface area contributed by atoms with Gasteiger partial charge in [0.05, 0.1) is 0 Å². The van der Waals surface area contributed by atoms with Crippen molar-refractivity contribution in [3.8, 4) is 11.1 Å². The van der Waals surface area contributed by atoms with E-state index in [-0.39, 0.29) is 11.8 Å². The van der Waals surface area contributed by atoms with Crippen molar-refractivity contribution >= 4 is 11.6 Å². The number of aromatic nitrogens is 1. The second-order valence-electron chi connectivity index (χ2n) is 5.72. The van der Waals surface area contributed by atoms with Gasteiger partial charge in [0.25, 0.3) is 0 Å². The second-order valence-corrected chi connectivity index (χ2v) is 5.72. The number of aryl methyl sites for hydroxylation is 1. The highest BCUT2D eigenvalue weighted by Gasteiger charge is 2.16. The maximum atomic E-state index is 12.3. The zero-order chi connectivity index (χ0) is 14.7. The van der Waals surface area contributed by atoms with Crippen LogP contribution in [0.4, 0.5) is 5.69 Å². The van der Waals surface area contributed by atoms with Crippen molar-refractivity contribution in [3.63, 3.8) is 0 Å². The molecular formula is C18H20N2O. The highest BCUT2D eigenvalue weighted by Crippen LogP contribution is 2.29. The number of carbonyl (C=O) groups is 1. The highest BCUT2D eigenvalue weighted by atomic mass is 16.1. The van der Waals surface area contributed by atoms with E-state index in [0.717, 1.165) is 48.2 Å². The minimum absolute atomic E-state index is 0.0452. The molecule has 2 heterocycles. The minimum Gasteiger partial charge on any atom is -0.325 e. The highest BCUT2D eigenvalue weighted by molar-refractivity contribution is 5.96. The largest absolute Gasteiger partial charge is 0.325 e. The molecule has 2 aromatic rings. The molecule has 2 bridgehead atoms. The molecule has 21 heavy (non-hydrogen) atoms. The molecule has 1 N–H and O–H groups in total. The Hall–Kier alpha value is -2.16. The molecule has 1 unspecified atom stereocenters. The summed E-state index contributed by atoms with van der Waals surface area (Å²) in [7, 11) is 0. The first-order valence-corrected chi connectivity index (χ1v) is 7.59. The summed E-state index contributed by atoms with van der Waals surface area (Å²) in [5.74, 6) is 0.154.